The van der Waals surface area contributed by atoms with Gasteiger partial charge in [-0.15, -0.1) is 0 Å². The second-order valence-corrected chi connectivity index (χ2v) is 6.73. The minimum atomic E-state index is -0.746. The number of anilines is 1. The maximum atomic E-state index is 11.0. The largest absolute Gasteiger partial charge is 0.344 e. The highest BCUT2D eigenvalue weighted by Gasteiger charge is 2.34. The summed E-state index contributed by atoms with van der Waals surface area (Å²) in [5.74, 6) is -0.746. The topological polar surface area (TPSA) is 77.2 Å². The monoisotopic (exact) mass is 367 g/mol. The third-order valence-corrected chi connectivity index (χ3v) is 4.97. The normalized spacial score (nSPS) is 22.5. The Bertz CT molecular complexity index is 879. The first kappa shape index (κ1) is 17.6. The van der Waals surface area contributed by atoms with Gasteiger partial charge in [-0.1, -0.05) is 18.2 Å². The van der Waals surface area contributed by atoms with Gasteiger partial charge in [0.2, 0.25) is 6.20 Å². The van der Waals surface area contributed by atoms with E-state index in [1.54, 1.807) is 0 Å². The number of rotatable bonds is 3. The van der Waals surface area contributed by atoms with Gasteiger partial charge in [-0.3, -0.25) is 15.1 Å². The molecule has 0 spiro atoms. The molecule has 0 radical (unpaired) electrons. The van der Waals surface area contributed by atoms with Gasteiger partial charge in [-0.25, -0.2) is 0 Å². The highest BCUT2D eigenvalue weighted by molar-refractivity contribution is 5.90. The molecular formula is C20H21N3O4. The molecule has 0 aromatic heterocycles. The second kappa shape index (κ2) is 7.09. The van der Waals surface area contributed by atoms with Crippen LogP contribution in [0.2, 0.25) is 0 Å². The molecule has 7 heteroatoms. The number of hydrogen-bond acceptors (Lipinski definition) is 6. The smallest absolute Gasteiger partial charge is 0.240 e. The maximum Gasteiger partial charge on any atom is 0.240 e. The van der Waals surface area contributed by atoms with Crippen molar-refractivity contribution in [3.63, 3.8) is 0 Å². The van der Waals surface area contributed by atoms with Gasteiger partial charge in [-0.05, 0) is 31.6 Å². The van der Waals surface area contributed by atoms with E-state index in [1.807, 2.05) is 49.6 Å². The summed E-state index contributed by atoms with van der Waals surface area (Å²) in [5.41, 5.74) is 4.38. The molecule has 1 saturated heterocycles. The van der Waals surface area contributed by atoms with Crippen LogP contribution in [0.4, 0.5) is 5.69 Å². The number of nitro groups is 1. The number of fused-ring (bicyclic) bond motifs is 1. The van der Waals surface area contributed by atoms with Crippen molar-refractivity contribution in [2.45, 2.75) is 19.1 Å². The molecule has 1 aromatic rings. The molecule has 1 aliphatic carbocycles. The standard InChI is InChI=1S/C20H21N3O4/c1-20(26-10-11-27-20)17-6-7-19-16(12-17)13-21-8-9-22(19)18-5-3-2-4-15(18)14-23(24)25/h2-3,5-7,12-14H,4,8-11H2,1H3. The predicted molar refractivity (Wildman–Crippen MR) is 102 cm³/mol. The van der Waals surface area contributed by atoms with E-state index in [0.717, 1.165) is 28.7 Å². The van der Waals surface area contributed by atoms with Crippen LogP contribution in [0.1, 0.15) is 24.5 Å². The van der Waals surface area contributed by atoms with Crippen molar-refractivity contribution in [1.29, 1.82) is 0 Å². The van der Waals surface area contributed by atoms with E-state index in [-0.39, 0.29) is 0 Å². The zero-order valence-electron chi connectivity index (χ0n) is 15.1. The van der Waals surface area contributed by atoms with Crippen molar-refractivity contribution in [1.82, 2.24) is 0 Å². The average molecular weight is 367 g/mol. The lowest BCUT2D eigenvalue weighted by Crippen LogP contribution is -2.28. The maximum absolute atomic E-state index is 11.0. The number of nitrogens with zero attached hydrogens (tertiary/aromatic N) is 3. The Balaban J connectivity index is 1.75. The van der Waals surface area contributed by atoms with Gasteiger partial charge in [0.15, 0.2) is 5.79 Å². The molecule has 2 heterocycles. The Hall–Kier alpha value is -2.77. The molecule has 4 rings (SSSR count). The predicted octanol–water partition coefficient (Wildman–Crippen LogP) is 3.15. The molecule has 0 atom stereocenters. The van der Waals surface area contributed by atoms with E-state index in [9.17, 15) is 10.1 Å². The zero-order chi connectivity index (χ0) is 18.9. The first-order valence-corrected chi connectivity index (χ1v) is 8.98. The molecule has 2 aliphatic heterocycles. The lowest BCUT2D eigenvalue weighted by atomic mass is 9.99. The highest BCUT2D eigenvalue weighted by Crippen LogP contribution is 2.36. The van der Waals surface area contributed by atoms with Gasteiger partial charge in [0.1, 0.15) is 0 Å². The minimum absolute atomic E-state index is 0.393. The Kier molecular flexibility index (Phi) is 4.63. The van der Waals surface area contributed by atoms with Crippen LogP contribution < -0.4 is 4.90 Å². The summed E-state index contributed by atoms with van der Waals surface area (Å²) in [6, 6.07) is 6.03. The molecule has 3 aliphatic rings. The number of aliphatic imine (C=N–C) groups is 1. The number of hydrogen-bond donors (Lipinski definition) is 0. The van der Waals surface area contributed by atoms with Crippen LogP contribution in [-0.2, 0) is 15.3 Å². The first-order chi connectivity index (χ1) is 13.1. The number of benzodiazepines with no additional fused rings is 1. The molecule has 1 fully saturated rings. The third-order valence-electron chi connectivity index (χ3n) is 4.97. The Morgan fingerprint density at radius 3 is 2.93 bits per heavy atom. The molecule has 1 aromatic carbocycles. The summed E-state index contributed by atoms with van der Waals surface area (Å²) in [6.45, 7) is 4.33. The highest BCUT2D eigenvalue weighted by atomic mass is 16.7. The summed E-state index contributed by atoms with van der Waals surface area (Å²) in [5, 5.41) is 11.0. The van der Waals surface area contributed by atoms with Crippen molar-refractivity contribution in [3.05, 3.63) is 75.1 Å². The molecule has 27 heavy (non-hydrogen) atoms. The lowest BCUT2D eigenvalue weighted by Gasteiger charge is -2.30. The van der Waals surface area contributed by atoms with Crippen molar-refractivity contribution in [2.75, 3.05) is 31.2 Å². The lowest BCUT2D eigenvalue weighted by molar-refractivity contribution is -0.403. The summed E-state index contributed by atoms with van der Waals surface area (Å²) < 4.78 is 11.5. The second-order valence-electron chi connectivity index (χ2n) is 6.73. The minimum Gasteiger partial charge on any atom is -0.344 e. The SMILES string of the molecule is CC1(c2ccc3c(c2)C=NCCN3C2=CC=CCC2=C[N+](=O)[O-])OCCO1. The molecule has 0 amide bonds. The molecule has 7 nitrogen and oxygen atoms in total. The fourth-order valence-corrected chi connectivity index (χ4v) is 3.63. The molecular weight excluding hydrogens is 346 g/mol. The van der Waals surface area contributed by atoms with E-state index in [0.29, 0.717) is 38.3 Å². The number of ether oxygens (including phenoxy) is 2. The van der Waals surface area contributed by atoms with Gasteiger partial charge in [-0.2, -0.15) is 0 Å². The first-order valence-electron chi connectivity index (χ1n) is 8.98. The van der Waals surface area contributed by atoms with Crippen LogP contribution >= 0.6 is 0 Å². The van der Waals surface area contributed by atoms with Crippen LogP contribution in [0.25, 0.3) is 0 Å². The fourth-order valence-electron chi connectivity index (χ4n) is 3.63. The van der Waals surface area contributed by atoms with E-state index in [4.69, 9.17) is 9.47 Å². The van der Waals surface area contributed by atoms with Crippen molar-refractivity contribution >= 4 is 11.9 Å². The van der Waals surface area contributed by atoms with Gasteiger partial charge in [0, 0.05) is 29.5 Å². The van der Waals surface area contributed by atoms with Gasteiger partial charge in [0.05, 0.1) is 36.1 Å². The van der Waals surface area contributed by atoms with Gasteiger partial charge < -0.3 is 14.4 Å². The molecule has 0 bridgehead atoms. The number of benzene rings is 1. The van der Waals surface area contributed by atoms with Crippen LogP contribution in [0.15, 0.2) is 58.9 Å². The molecule has 0 N–H and O–H groups in total. The third kappa shape index (κ3) is 3.43. The van der Waals surface area contributed by atoms with Crippen molar-refractivity contribution < 1.29 is 14.4 Å². The Labute approximate surface area is 157 Å². The summed E-state index contributed by atoms with van der Waals surface area (Å²) in [7, 11) is 0. The van der Waals surface area contributed by atoms with Crippen molar-refractivity contribution in [2.24, 2.45) is 4.99 Å². The quantitative estimate of drug-likeness (QED) is 0.606. The summed E-state index contributed by atoms with van der Waals surface area (Å²) in [4.78, 5) is 17.2. The van der Waals surface area contributed by atoms with E-state index in [2.05, 4.69) is 9.89 Å². The van der Waals surface area contributed by atoms with E-state index in [1.165, 1.54) is 0 Å². The fraction of sp³-hybridized carbons (Fsp3) is 0.350. The van der Waals surface area contributed by atoms with Gasteiger partial charge in [0.25, 0.3) is 0 Å². The number of allylic oxidation sites excluding steroid dienone is 4. The average Bonchev–Trinajstić information content (AvgIpc) is 2.99. The Morgan fingerprint density at radius 1 is 1.33 bits per heavy atom. The summed E-state index contributed by atoms with van der Waals surface area (Å²) in [6.07, 6.45) is 9.27. The zero-order valence-corrected chi connectivity index (χ0v) is 15.1. The molecule has 0 saturated carbocycles. The van der Waals surface area contributed by atoms with Gasteiger partial charge >= 0.3 is 0 Å². The van der Waals surface area contributed by atoms with Crippen LogP contribution in [0.3, 0.4) is 0 Å². The Morgan fingerprint density at radius 2 is 2.15 bits per heavy atom. The molecule has 140 valence electrons. The van der Waals surface area contributed by atoms with Crippen LogP contribution in [-0.4, -0.2) is 37.4 Å². The molecule has 0 unspecified atom stereocenters. The van der Waals surface area contributed by atoms with E-state index < -0.39 is 10.7 Å². The van der Waals surface area contributed by atoms with E-state index >= 15 is 0 Å². The van der Waals surface area contributed by atoms with Crippen LogP contribution in [0, 0.1) is 10.1 Å². The van der Waals surface area contributed by atoms with Crippen molar-refractivity contribution in [3.8, 4) is 0 Å². The van der Waals surface area contributed by atoms with Crippen LogP contribution in [0.5, 0.6) is 0 Å². The summed E-state index contributed by atoms with van der Waals surface area (Å²) >= 11 is 0.